The maximum absolute atomic E-state index is 12.6. The minimum Gasteiger partial charge on any atom is -0.424 e. The zero-order valence-electron chi connectivity index (χ0n) is 18.0. The van der Waals surface area contributed by atoms with Gasteiger partial charge in [0.25, 0.3) is 29.9 Å². The maximum atomic E-state index is 12.6. The number of nitrogens with zero attached hydrogens (tertiary/aromatic N) is 2. The lowest BCUT2D eigenvalue weighted by atomic mass is 9.82. The molecule has 0 aromatic rings. The molecule has 0 spiro atoms. The Labute approximate surface area is 184 Å². The van der Waals surface area contributed by atoms with E-state index in [1.165, 1.54) is 17.1 Å². The fourth-order valence-electron chi connectivity index (χ4n) is 3.81. The lowest BCUT2D eigenvalue weighted by molar-refractivity contribution is -0.202. The Bertz CT molecular complexity index is 808. The summed E-state index contributed by atoms with van der Waals surface area (Å²) >= 11 is 0. The second-order valence-electron chi connectivity index (χ2n) is 8.43. The van der Waals surface area contributed by atoms with Crippen molar-refractivity contribution in [2.75, 3.05) is 6.54 Å². The SMILES string of the molecule is CC(C)C(OC(=O)ON1C(=O)CCC1=O)OC(=O)C1CCC(CN2C(=O)C=CC2=O)CC1. The molecule has 0 aromatic heterocycles. The molecule has 1 saturated carbocycles. The number of hydroxylamine groups is 2. The first-order chi connectivity index (χ1) is 15.2. The molecule has 3 rings (SSSR count). The second kappa shape index (κ2) is 9.92. The summed E-state index contributed by atoms with van der Waals surface area (Å²) in [6.45, 7) is 3.67. The number of esters is 1. The standard InChI is InChI=1S/C21H26N2O9/c1-12(2)20(31-21(29)32-23-17(26)9-10-18(23)27)30-19(28)14-5-3-13(4-6-14)11-22-15(24)7-8-16(22)25/h7-8,12-14,20H,3-6,9-11H2,1-2H3. The predicted octanol–water partition coefficient (Wildman–Crippen LogP) is 1.46. The van der Waals surface area contributed by atoms with Crippen LogP contribution in [0.3, 0.4) is 0 Å². The van der Waals surface area contributed by atoms with Gasteiger partial charge < -0.3 is 9.47 Å². The third kappa shape index (κ3) is 5.51. The highest BCUT2D eigenvalue weighted by Crippen LogP contribution is 2.31. The smallest absolute Gasteiger partial charge is 0.424 e. The van der Waals surface area contributed by atoms with Gasteiger partial charge in [-0.15, -0.1) is 0 Å². The van der Waals surface area contributed by atoms with Crippen molar-refractivity contribution in [1.29, 1.82) is 0 Å². The van der Waals surface area contributed by atoms with E-state index in [0.29, 0.717) is 37.3 Å². The number of carbonyl (C=O) groups is 6. The quantitative estimate of drug-likeness (QED) is 0.321. The Balaban J connectivity index is 1.46. The summed E-state index contributed by atoms with van der Waals surface area (Å²) in [5.74, 6) is -3.16. The molecule has 4 amide bonds. The monoisotopic (exact) mass is 450 g/mol. The van der Waals surface area contributed by atoms with Crippen molar-refractivity contribution in [3.8, 4) is 0 Å². The fraction of sp³-hybridized carbons (Fsp3) is 0.619. The van der Waals surface area contributed by atoms with E-state index < -0.39 is 42.1 Å². The zero-order valence-corrected chi connectivity index (χ0v) is 18.0. The third-order valence-corrected chi connectivity index (χ3v) is 5.68. The molecule has 2 heterocycles. The molecular formula is C21H26N2O9. The van der Waals surface area contributed by atoms with Crippen molar-refractivity contribution in [1.82, 2.24) is 9.96 Å². The van der Waals surface area contributed by atoms with Gasteiger partial charge in [-0.2, -0.15) is 0 Å². The zero-order chi connectivity index (χ0) is 23.4. The molecule has 11 heteroatoms. The van der Waals surface area contributed by atoms with Crippen LogP contribution in [-0.2, 0) is 38.3 Å². The first kappa shape index (κ1) is 23.4. The van der Waals surface area contributed by atoms with Crippen molar-refractivity contribution >= 4 is 35.8 Å². The number of hydrogen-bond donors (Lipinski definition) is 0. The van der Waals surface area contributed by atoms with Crippen molar-refractivity contribution in [2.45, 2.75) is 58.7 Å². The average molecular weight is 450 g/mol. The van der Waals surface area contributed by atoms with Gasteiger partial charge in [0.05, 0.1) is 5.92 Å². The van der Waals surface area contributed by atoms with Crippen molar-refractivity contribution in [3.05, 3.63) is 12.2 Å². The fourth-order valence-corrected chi connectivity index (χ4v) is 3.81. The number of imide groups is 2. The third-order valence-electron chi connectivity index (χ3n) is 5.68. The van der Waals surface area contributed by atoms with E-state index in [1.54, 1.807) is 13.8 Å². The molecule has 11 nitrogen and oxygen atoms in total. The molecule has 0 radical (unpaired) electrons. The van der Waals surface area contributed by atoms with E-state index in [1.807, 2.05) is 0 Å². The molecule has 2 aliphatic heterocycles. The van der Waals surface area contributed by atoms with E-state index in [-0.39, 0.29) is 30.6 Å². The highest BCUT2D eigenvalue weighted by molar-refractivity contribution is 6.12. The normalized spacial score (nSPS) is 24.3. The highest BCUT2D eigenvalue weighted by atomic mass is 16.9. The Morgan fingerprint density at radius 3 is 2.03 bits per heavy atom. The van der Waals surface area contributed by atoms with E-state index in [4.69, 9.17) is 9.47 Å². The predicted molar refractivity (Wildman–Crippen MR) is 105 cm³/mol. The molecule has 3 aliphatic rings. The summed E-state index contributed by atoms with van der Waals surface area (Å²) in [5, 5.41) is 0.355. The number of rotatable bonds is 7. The average Bonchev–Trinajstić information content (AvgIpc) is 3.23. The van der Waals surface area contributed by atoms with Gasteiger partial charge in [0.1, 0.15) is 0 Å². The van der Waals surface area contributed by atoms with Gasteiger partial charge in [0.2, 0.25) is 0 Å². The van der Waals surface area contributed by atoms with Crippen molar-refractivity contribution in [3.63, 3.8) is 0 Å². The van der Waals surface area contributed by atoms with Crippen LogP contribution in [0.4, 0.5) is 4.79 Å². The minimum atomic E-state index is -1.31. The maximum Gasteiger partial charge on any atom is 0.537 e. The van der Waals surface area contributed by atoms with Crippen LogP contribution < -0.4 is 0 Å². The topological polar surface area (TPSA) is 137 Å². The van der Waals surface area contributed by atoms with Crippen LogP contribution in [0.5, 0.6) is 0 Å². The Morgan fingerprint density at radius 2 is 1.50 bits per heavy atom. The van der Waals surface area contributed by atoms with Gasteiger partial charge in [-0.05, 0) is 31.6 Å². The molecule has 32 heavy (non-hydrogen) atoms. The molecule has 174 valence electrons. The van der Waals surface area contributed by atoms with Crippen LogP contribution in [-0.4, -0.2) is 58.6 Å². The number of hydrogen-bond acceptors (Lipinski definition) is 9. The number of carbonyl (C=O) groups excluding carboxylic acids is 6. The molecule has 1 atom stereocenters. The molecule has 0 N–H and O–H groups in total. The summed E-state index contributed by atoms with van der Waals surface area (Å²) in [5.41, 5.74) is 0. The molecule has 1 saturated heterocycles. The van der Waals surface area contributed by atoms with Gasteiger partial charge in [-0.3, -0.25) is 33.7 Å². The van der Waals surface area contributed by atoms with Crippen LogP contribution in [0.1, 0.15) is 52.4 Å². The molecule has 2 fully saturated rings. The largest absolute Gasteiger partial charge is 0.537 e. The first-order valence-electron chi connectivity index (χ1n) is 10.6. The van der Waals surface area contributed by atoms with Crippen molar-refractivity contribution < 1.29 is 43.1 Å². The van der Waals surface area contributed by atoms with E-state index in [0.717, 1.165) is 0 Å². The Hall–Kier alpha value is -3.24. The lowest BCUT2D eigenvalue weighted by Crippen LogP contribution is -2.38. The number of amides is 4. The minimum absolute atomic E-state index is 0.0476. The summed E-state index contributed by atoms with van der Waals surface area (Å²) in [4.78, 5) is 76.9. The first-order valence-corrected chi connectivity index (χ1v) is 10.6. The van der Waals surface area contributed by atoms with Gasteiger partial charge >= 0.3 is 12.1 Å². The van der Waals surface area contributed by atoms with Gasteiger partial charge in [-0.25, -0.2) is 4.79 Å². The molecule has 0 bridgehead atoms. The summed E-state index contributed by atoms with van der Waals surface area (Å²) in [6, 6.07) is 0. The molecular weight excluding hydrogens is 424 g/mol. The van der Waals surface area contributed by atoms with E-state index in [9.17, 15) is 28.8 Å². The van der Waals surface area contributed by atoms with Crippen LogP contribution in [0.25, 0.3) is 0 Å². The Kier molecular flexibility index (Phi) is 7.26. The van der Waals surface area contributed by atoms with Gasteiger partial charge in [-0.1, -0.05) is 18.9 Å². The highest BCUT2D eigenvalue weighted by Gasteiger charge is 2.36. The Morgan fingerprint density at radius 1 is 0.938 bits per heavy atom. The van der Waals surface area contributed by atoms with E-state index in [2.05, 4.69) is 4.84 Å². The molecule has 0 aromatic carbocycles. The van der Waals surface area contributed by atoms with Crippen molar-refractivity contribution in [2.24, 2.45) is 17.8 Å². The summed E-state index contributed by atoms with van der Waals surface area (Å²) < 4.78 is 10.4. The number of ether oxygens (including phenoxy) is 2. The van der Waals surface area contributed by atoms with Crippen LogP contribution >= 0.6 is 0 Å². The van der Waals surface area contributed by atoms with Crippen LogP contribution in [0, 0.1) is 17.8 Å². The van der Waals surface area contributed by atoms with Crippen LogP contribution in [0.2, 0.25) is 0 Å². The lowest BCUT2D eigenvalue weighted by Gasteiger charge is -2.30. The van der Waals surface area contributed by atoms with E-state index >= 15 is 0 Å². The second-order valence-corrected chi connectivity index (χ2v) is 8.43. The summed E-state index contributed by atoms with van der Waals surface area (Å²) in [7, 11) is 0. The molecule has 1 unspecified atom stereocenters. The van der Waals surface area contributed by atoms with Gasteiger partial charge in [0, 0.05) is 37.5 Å². The summed E-state index contributed by atoms with van der Waals surface area (Å²) in [6.07, 6.45) is 2.16. The molecule has 1 aliphatic carbocycles. The van der Waals surface area contributed by atoms with Gasteiger partial charge in [0.15, 0.2) is 0 Å². The van der Waals surface area contributed by atoms with Crippen LogP contribution in [0.15, 0.2) is 12.2 Å².